The summed E-state index contributed by atoms with van der Waals surface area (Å²) in [4.78, 5) is 24.8. The van der Waals surface area contributed by atoms with E-state index in [9.17, 15) is 9.59 Å². The Labute approximate surface area is 102 Å². The van der Waals surface area contributed by atoms with E-state index in [-0.39, 0.29) is 18.4 Å². The van der Waals surface area contributed by atoms with Gasteiger partial charge in [0.1, 0.15) is 5.01 Å². The third-order valence-electron chi connectivity index (χ3n) is 2.74. The molecule has 1 aromatic heterocycles. The van der Waals surface area contributed by atoms with Crippen molar-refractivity contribution >= 4 is 28.3 Å². The van der Waals surface area contributed by atoms with Crippen LogP contribution in [0.25, 0.3) is 0 Å². The summed E-state index contributed by atoms with van der Waals surface area (Å²) in [5, 5.41) is 11.0. The van der Waals surface area contributed by atoms with Crippen molar-refractivity contribution < 1.29 is 9.59 Å². The summed E-state index contributed by atoms with van der Waals surface area (Å²) >= 11 is 1.26. The number of imide groups is 1. The highest BCUT2D eigenvalue weighted by atomic mass is 32.1. The van der Waals surface area contributed by atoms with Crippen LogP contribution in [-0.4, -0.2) is 39.0 Å². The van der Waals surface area contributed by atoms with Gasteiger partial charge in [0, 0.05) is 0 Å². The van der Waals surface area contributed by atoms with Gasteiger partial charge in [-0.1, -0.05) is 11.3 Å². The maximum Gasteiger partial charge on any atom is 0.246 e. The molecule has 1 aliphatic heterocycles. The lowest BCUT2D eigenvalue weighted by atomic mass is 9.99. The molecule has 0 saturated carbocycles. The molecule has 0 aliphatic carbocycles. The monoisotopic (exact) mass is 255 g/mol. The van der Waals surface area contributed by atoms with Gasteiger partial charge in [0.25, 0.3) is 0 Å². The van der Waals surface area contributed by atoms with Crippen LogP contribution in [0.15, 0.2) is 0 Å². The fraction of sp³-hybridized carbons (Fsp3) is 0.556. The van der Waals surface area contributed by atoms with Crippen molar-refractivity contribution in [3.05, 3.63) is 5.01 Å². The van der Waals surface area contributed by atoms with E-state index >= 15 is 0 Å². The molecular weight excluding hydrogens is 242 g/mol. The normalized spacial score (nSPS) is 20.4. The summed E-state index contributed by atoms with van der Waals surface area (Å²) in [6.07, 6.45) is 0. The maximum atomic E-state index is 11.7. The molecule has 0 bridgehead atoms. The van der Waals surface area contributed by atoms with Gasteiger partial charge in [0.15, 0.2) is 0 Å². The van der Waals surface area contributed by atoms with E-state index in [1.54, 1.807) is 18.7 Å². The van der Waals surface area contributed by atoms with E-state index in [0.29, 0.717) is 16.7 Å². The predicted octanol–water partition coefficient (Wildman–Crippen LogP) is -0.643. The van der Waals surface area contributed by atoms with Crippen molar-refractivity contribution in [2.45, 2.75) is 25.9 Å². The summed E-state index contributed by atoms with van der Waals surface area (Å²) in [6, 6.07) is 0. The molecule has 0 radical (unpaired) electrons. The molecule has 8 heteroatoms. The highest BCUT2D eigenvalue weighted by molar-refractivity contribution is 7.15. The zero-order chi connectivity index (χ0) is 12.6. The Hall–Kier alpha value is -1.54. The first-order valence-corrected chi connectivity index (χ1v) is 5.88. The Kier molecular flexibility index (Phi) is 2.84. The molecule has 7 nitrogen and oxygen atoms in total. The van der Waals surface area contributed by atoms with Crippen LogP contribution >= 0.6 is 11.3 Å². The van der Waals surface area contributed by atoms with Crippen LogP contribution < -0.4 is 11.1 Å². The van der Waals surface area contributed by atoms with Crippen LogP contribution in [0.5, 0.6) is 0 Å². The van der Waals surface area contributed by atoms with Gasteiger partial charge in [-0.05, 0) is 13.8 Å². The molecular formula is C9H13N5O2S. The Morgan fingerprint density at radius 3 is 2.76 bits per heavy atom. The van der Waals surface area contributed by atoms with Crippen LogP contribution in [0.2, 0.25) is 0 Å². The van der Waals surface area contributed by atoms with Gasteiger partial charge in [-0.2, -0.15) is 0 Å². The molecule has 1 aromatic rings. The van der Waals surface area contributed by atoms with Crippen LogP contribution in [0, 0.1) is 0 Å². The SMILES string of the molecule is CC1(C)C(=O)NC(=O)CN1Cc1nnc(N)s1. The Morgan fingerprint density at radius 1 is 1.47 bits per heavy atom. The van der Waals surface area contributed by atoms with Gasteiger partial charge < -0.3 is 5.73 Å². The Bertz CT molecular complexity index is 470. The average molecular weight is 255 g/mol. The number of nitrogen functional groups attached to an aromatic ring is 1. The van der Waals surface area contributed by atoms with Crippen LogP contribution in [0.1, 0.15) is 18.9 Å². The fourth-order valence-electron chi connectivity index (χ4n) is 1.58. The summed E-state index contributed by atoms with van der Waals surface area (Å²) in [6.45, 7) is 4.08. The molecule has 2 heterocycles. The smallest absolute Gasteiger partial charge is 0.246 e. The summed E-state index contributed by atoms with van der Waals surface area (Å²) in [7, 11) is 0. The second-order valence-electron chi connectivity index (χ2n) is 4.33. The molecule has 92 valence electrons. The number of hydrogen-bond donors (Lipinski definition) is 2. The third-order valence-corrected chi connectivity index (χ3v) is 3.48. The number of nitrogens with zero attached hydrogens (tertiary/aromatic N) is 3. The standard InChI is InChI=1S/C9H13N5O2S/c1-9(2)7(16)11-5(15)3-14(9)4-6-12-13-8(10)17-6/h3-4H2,1-2H3,(H2,10,13)(H,11,15,16). The maximum absolute atomic E-state index is 11.7. The Morgan fingerprint density at radius 2 is 2.18 bits per heavy atom. The summed E-state index contributed by atoms with van der Waals surface area (Å²) in [5.74, 6) is -0.599. The predicted molar refractivity (Wildman–Crippen MR) is 62.0 cm³/mol. The highest BCUT2D eigenvalue weighted by Gasteiger charge is 2.41. The number of carbonyl (C=O) groups is 2. The van der Waals surface area contributed by atoms with Crippen molar-refractivity contribution in [1.82, 2.24) is 20.4 Å². The van der Waals surface area contributed by atoms with E-state index < -0.39 is 5.54 Å². The summed E-state index contributed by atoms with van der Waals surface area (Å²) < 4.78 is 0. The second kappa shape index (κ2) is 4.04. The van der Waals surface area contributed by atoms with Crippen molar-refractivity contribution in [3.63, 3.8) is 0 Å². The Balaban J connectivity index is 2.18. The van der Waals surface area contributed by atoms with Crippen molar-refractivity contribution in [2.75, 3.05) is 12.3 Å². The minimum atomic E-state index is -0.742. The molecule has 0 atom stereocenters. The lowest BCUT2D eigenvalue weighted by Crippen LogP contribution is -2.63. The molecule has 2 amide bonds. The molecule has 1 saturated heterocycles. The largest absolute Gasteiger partial charge is 0.374 e. The van der Waals surface area contributed by atoms with Crippen molar-refractivity contribution in [1.29, 1.82) is 0 Å². The molecule has 1 fully saturated rings. The number of rotatable bonds is 2. The summed E-state index contributed by atoms with van der Waals surface area (Å²) in [5.41, 5.74) is 4.74. The number of nitrogens with two attached hydrogens (primary N) is 1. The average Bonchev–Trinajstić information content (AvgIpc) is 2.61. The molecule has 17 heavy (non-hydrogen) atoms. The molecule has 1 aliphatic rings. The number of amides is 2. The van der Waals surface area contributed by atoms with E-state index in [1.165, 1.54) is 11.3 Å². The van der Waals surface area contributed by atoms with Crippen molar-refractivity contribution in [3.8, 4) is 0 Å². The number of aromatic nitrogens is 2. The van der Waals surface area contributed by atoms with Gasteiger partial charge >= 0.3 is 0 Å². The number of hydrogen-bond acceptors (Lipinski definition) is 7. The zero-order valence-corrected chi connectivity index (χ0v) is 10.4. The van der Waals surface area contributed by atoms with Gasteiger partial charge in [0.2, 0.25) is 16.9 Å². The number of anilines is 1. The second-order valence-corrected chi connectivity index (χ2v) is 5.42. The van der Waals surface area contributed by atoms with Crippen molar-refractivity contribution in [2.24, 2.45) is 0 Å². The third kappa shape index (κ3) is 2.27. The van der Waals surface area contributed by atoms with Gasteiger partial charge in [-0.15, -0.1) is 10.2 Å². The van der Waals surface area contributed by atoms with Gasteiger partial charge in [-0.3, -0.25) is 19.8 Å². The first-order valence-electron chi connectivity index (χ1n) is 5.07. The topological polar surface area (TPSA) is 101 Å². The molecule has 0 aromatic carbocycles. The number of piperazine rings is 1. The molecule has 0 unspecified atom stereocenters. The first kappa shape index (κ1) is 11.9. The number of carbonyl (C=O) groups excluding carboxylic acids is 2. The van der Waals surface area contributed by atoms with Gasteiger partial charge in [0.05, 0.1) is 18.6 Å². The molecule has 0 spiro atoms. The van der Waals surface area contributed by atoms with Crippen LogP contribution in [-0.2, 0) is 16.1 Å². The number of nitrogens with one attached hydrogen (secondary N) is 1. The highest BCUT2D eigenvalue weighted by Crippen LogP contribution is 2.22. The van der Waals surface area contributed by atoms with E-state index in [2.05, 4.69) is 15.5 Å². The lowest BCUT2D eigenvalue weighted by molar-refractivity contribution is -0.145. The van der Waals surface area contributed by atoms with E-state index in [4.69, 9.17) is 5.73 Å². The van der Waals surface area contributed by atoms with E-state index in [1.807, 2.05) is 0 Å². The van der Waals surface area contributed by atoms with Crippen LogP contribution in [0.3, 0.4) is 0 Å². The zero-order valence-electron chi connectivity index (χ0n) is 9.56. The minimum absolute atomic E-state index is 0.165. The van der Waals surface area contributed by atoms with E-state index in [0.717, 1.165) is 0 Å². The first-order chi connectivity index (χ1) is 7.89. The minimum Gasteiger partial charge on any atom is -0.374 e. The quantitative estimate of drug-likeness (QED) is 0.681. The molecule has 3 N–H and O–H groups in total. The molecule has 2 rings (SSSR count). The van der Waals surface area contributed by atoms with Gasteiger partial charge in [-0.25, -0.2) is 0 Å². The lowest BCUT2D eigenvalue weighted by Gasteiger charge is -2.39. The fourth-order valence-corrected chi connectivity index (χ4v) is 2.21. The van der Waals surface area contributed by atoms with Crippen LogP contribution in [0.4, 0.5) is 5.13 Å².